The monoisotopic (exact) mass is 447 g/mol. The molecule has 4 heterocycles. The van der Waals surface area contributed by atoms with Gasteiger partial charge in [-0.2, -0.15) is 4.98 Å². The van der Waals surface area contributed by atoms with Gasteiger partial charge in [-0.05, 0) is 61.7 Å². The van der Waals surface area contributed by atoms with Gasteiger partial charge in [0.15, 0.2) is 0 Å². The van der Waals surface area contributed by atoms with Crippen molar-refractivity contribution in [2.45, 2.75) is 45.1 Å². The Morgan fingerprint density at radius 1 is 1.29 bits per heavy atom. The summed E-state index contributed by atoms with van der Waals surface area (Å²) in [7, 11) is 0. The third kappa shape index (κ3) is 3.89. The molecule has 0 N–H and O–H groups in total. The SMILES string of the molecule is CC(C)(C)OC(=O)N1CCC(c2nc(-c3ccc4c(Br)ncn4c3)no2)CC1. The van der Waals surface area contributed by atoms with E-state index in [9.17, 15) is 4.79 Å². The summed E-state index contributed by atoms with van der Waals surface area (Å²) >= 11 is 3.42. The number of carbonyl (C=O) groups is 1. The molecule has 1 amide bonds. The summed E-state index contributed by atoms with van der Waals surface area (Å²) in [5, 5.41) is 4.14. The number of ether oxygens (including phenoxy) is 1. The Kier molecular flexibility index (Phi) is 4.86. The quantitative estimate of drug-likeness (QED) is 0.583. The Morgan fingerprint density at radius 3 is 2.75 bits per heavy atom. The zero-order valence-corrected chi connectivity index (χ0v) is 17.6. The minimum atomic E-state index is -0.485. The Morgan fingerprint density at radius 2 is 2.04 bits per heavy atom. The van der Waals surface area contributed by atoms with E-state index < -0.39 is 5.60 Å². The number of amides is 1. The Bertz CT molecular complexity index is 999. The minimum Gasteiger partial charge on any atom is -0.444 e. The molecular formula is C19H22BrN5O3. The molecule has 3 aromatic heterocycles. The van der Waals surface area contributed by atoms with E-state index >= 15 is 0 Å². The molecule has 1 aliphatic rings. The average molecular weight is 448 g/mol. The first kappa shape index (κ1) is 18.9. The molecule has 148 valence electrons. The van der Waals surface area contributed by atoms with Gasteiger partial charge in [0.05, 0.1) is 5.52 Å². The van der Waals surface area contributed by atoms with Crippen LogP contribution in [0.4, 0.5) is 4.79 Å². The number of pyridine rings is 1. The Labute approximate surface area is 171 Å². The van der Waals surface area contributed by atoms with Crippen LogP contribution in [0, 0.1) is 0 Å². The van der Waals surface area contributed by atoms with Crippen LogP contribution in [0.15, 0.2) is 33.8 Å². The summed E-state index contributed by atoms with van der Waals surface area (Å²) in [5.41, 5.74) is 1.35. The van der Waals surface area contributed by atoms with Gasteiger partial charge in [-0.15, -0.1) is 0 Å². The maximum atomic E-state index is 12.2. The molecule has 1 aliphatic heterocycles. The number of nitrogens with zero attached hydrogens (tertiary/aromatic N) is 5. The van der Waals surface area contributed by atoms with E-state index in [0.717, 1.165) is 28.5 Å². The van der Waals surface area contributed by atoms with Crippen LogP contribution in [-0.4, -0.2) is 49.2 Å². The number of carbonyl (C=O) groups excluding carboxylic acids is 1. The lowest BCUT2D eigenvalue weighted by Gasteiger charge is -2.32. The van der Waals surface area contributed by atoms with E-state index in [2.05, 4.69) is 31.1 Å². The number of hydrogen-bond donors (Lipinski definition) is 0. The first-order valence-electron chi connectivity index (χ1n) is 9.24. The van der Waals surface area contributed by atoms with E-state index in [1.165, 1.54) is 0 Å². The van der Waals surface area contributed by atoms with Crippen LogP contribution in [0.25, 0.3) is 16.9 Å². The molecule has 9 heteroatoms. The fourth-order valence-electron chi connectivity index (χ4n) is 3.25. The molecule has 0 saturated carbocycles. The summed E-state index contributed by atoms with van der Waals surface area (Å²) in [5.74, 6) is 1.31. The second-order valence-electron chi connectivity index (χ2n) is 7.94. The molecule has 0 spiro atoms. The van der Waals surface area contributed by atoms with E-state index in [1.807, 2.05) is 43.5 Å². The van der Waals surface area contributed by atoms with E-state index in [4.69, 9.17) is 9.26 Å². The van der Waals surface area contributed by atoms with Crippen LogP contribution in [0.2, 0.25) is 0 Å². The van der Waals surface area contributed by atoms with Gasteiger partial charge < -0.3 is 18.6 Å². The van der Waals surface area contributed by atoms with Gasteiger partial charge in [-0.3, -0.25) is 0 Å². The minimum absolute atomic E-state index is 0.144. The zero-order chi connectivity index (χ0) is 19.9. The predicted molar refractivity (Wildman–Crippen MR) is 106 cm³/mol. The molecule has 0 unspecified atom stereocenters. The van der Waals surface area contributed by atoms with Crippen molar-refractivity contribution in [2.24, 2.45) is 0 Å². The Balaban J connectivity index is 1.43. The third-order valence-corrected chi connectivity index (χ3v) is 5.29. The normalized spacial score (nSPS) is 15.9. The number of hydrogen-bond acceptors (Lipinski definition) is 6. The predicted octanol–water partition coefficient (Wildman–Crippen LogP) is 4.26. The number of imidazole rings is 1. The molecule has 0 radical (unpaired) electrons. The highest BCUT2D eigenvalue weighted by molar-refractivity contribution is 9.10. The van der Waals surface area contributed by atoms with Crippen LogP contribution < -0.4 is 0 Å². The number of likely N-dealkylation sites (tertiary alicyclic amines) is 1. The van der Waals surface area contributed by atoms with Crippen molar-refractivity contribution in [3.63, 3.8) is 0 Å². The van der Waals surface area contributed by atoms with E-state index in [-0.39, 0.29) is 12.0 Å². The standard InChI is InChI=1S/C19H22BrN5O3/c1-19(2,3)27-18(26)24-8-6-12(7-9-24)17-22-16(23-28-17)13-4-5-14-15(20)21-11-25(14)10-13/h4-5,10-12H,6-9H2,1-3H3. The summed E-state index contributed by atoms with van der Waals surface area (Å²) in [6.45, 7) is 6.85. The van der Waals surface area contributed by atoms with Gasteiger partial charge in [0.2, 0.25) is 11.7 Å². The van der Waals surface area contributed by atoms with Crippen molar-refractivity contribution in [1.82, 2.24) is 24.4 Å². The van der Waals surface area contributed by atoms with Crippen molar-refractivity contribution >= 4 is 27.5 Å². The van der Waals surface area contributed by atoms with Crippen LogP contribution in [0.5, 0.6) is 0 Å². The molecule has 0 aliphatic carbocycles. The fourth-order valence-corrected chi connectivity index (χ4v) is 3.68. The molecule has 0 aromatic carbocycles. The molecular weight excluding hydrogens is 426 g/mol. The highest BCUT2D eigenvalue weighted by atomic mass is 79.9. The van der Waals surface area contributed by atoms with Crippen LogP contribution >= 0.6 is 15.9 Å². The highest BCUT2D eigenvalue weighted by Gasteiger charge is 2.30. The highest BCUT2D eigenvalue weighted by Crippen LogP contribution is 2.29. The fraction of sp³-hybridized carbons (Fsp3) is 0.474. The largest absolute Gasteiger partial charge is 0.444 e. The number of halogens is 1. The lowest BCUT2D eigenvalue weighted by molar-refractivity contribution is 0.0198. The van der Waals surface area contributed by atoms with Gasteiger partial charge in [-0.25, -0.2) is 9.78 Å². The number of fused-ring (bicyclic) bond motifs is 1. The number of rotatable bonds is 2. The maximum absolute atomic E-state index is 12.2. The number of piperidine rings is 1. The summed E-state index contributed by atoms with van der Waals surface area (Å²) in [6.07, 6.45) is 4.93. The molecule has 8 nitrogen and oxygen atoms in total. The van der Waals surface area contributed by atoms with Gasteiger partial charge in [0.25, 0.3) is 0 Å². The Hall–Kier alpha value is -2.42. The van der Waals surface area contributed by atoms with Gasteiger partial charge in [0, 0.05) is 30.8 Å². The lowest BCUT2D eigenvalue weighted by Crippen LogP contribution is -2.41. The molecule has 1 saturated heterocycles. The number of aromatic nitrogens is 4. The van der Waals surface area contributed by atoms with Crippen LogP contribution in [0.1, 0.15) is 45.4 Å². The summed E-state index contributed by atoms with van der Waals surface area (Å²) < 4.78 is 13.7. The second kappa shape index (κ2) is 7.20. The van der Waals surface area contributed by atoms with Crippen molar-refractivity contribution in [3.05, 3.63) is 35.2 Å². The van der Waals surface area contributed by atoms with Gasteiger partial charge >= 0.3 is 6.09 Å². The second-order valence-corrected chi connectivity index (χ2v) is 8.69. The molecule has 4 rings (SSSR count). The average Bonchev–Trinajstić information content (AvgIpc) is 3.28. The molecule has 28 heavy (non-hydrogen) atoms. The first-order chi connectivity index (χ1) is 13.3. The van der Waals surface area contributed by atoms with Crippen molar-refractivity contribution in [3.8, 4) is 11.4 Å². The summed E-state index contributed by atoms with van der Waals surface area (Å²) in [6, 6.07) is 3.91. The zero-order valence-electron chi connectivity index (χ0n) is 16.1. The first-order valence-corrected chi connectivity index (χ1v) is 10.0. The molecule has 3 aromatic rings. The van der Waals surface area contributed by atoms with Crippen molar-refractivity contribution in [1.29, 1.82) is 0 Å². The molecule has 0 atom stereocenters. The van der Waals surface area contributed by atoms with Crippen LogP contribution in [0.3, 0.4) is 0 Å². The van der Waals surface area contributed by atoms with Gasteiger partial charge in [0.1, 0.15) is 16.5 Å². The smallest absolute Gasteiger partial charge is 0.410 e. The summed E-state index contributed by atoms with van der Waals surface area (Å²) in [4.78, 5) is 22.8. The van der Waals surface area contributed by atoms with Gasteiger partial charge in [-0.1, -0.05) is 5.16 Å². The molecule has 0 bridgehead atoms. The topological polar surface area (TPSA) is 85.8 Å². The van der Waals surface area contributed by atoms with E-state index in [1.54, 1.807) is 11.2 Å². The van der Waals surface area contributed by atoms with Crippen molar-refractivity contribution < 1.29 is 14.1 Å². The lowest BCUT2D eigenvalue weighted by atomic mass is 9.97. The molecule has 1 fully saturated rings. The third-order valence-electron chi connectivity index (χ3n) is 4.68. The maximum Gasteiger partial charge on any atom is 0.410 e. The van der Waals surface area contributed by atoms with Crippen molar-refractivity contribution in [2.75, 3.05) is 13.1 Å². The van der Waals surface area contributed by atoms with Crippen LogP contribution in [-0.2, 0) is 4.74 Å². The van der Waals surface area contributed by atoms with E-state index in [0.29, 0.717) is 24.8 Å².